The van der Waals surface area contributed by atoms with Crippen LogP contribution in [0.1, 0.15) is 12.1 Å². The molecule has 196 valence electrons. The third-order valence-electron chi connectivity index (χ3n) is 6.07. The van der Waals surface area contributed by atoms with E-state index in [1.807, 2.05) is 0 Å². The normalized spacial score (nSPS) is 22.6. The number of carboxylic acid groups (broad SMARTS) is 1. The summed E-state index contributed by atoms with van der Waals surface area (Å²) in [6, 6.07) is 2.27. The minimum Gasteiger partial charge on any atom is -0.477 e. The van der Waals surface area contributed by atoms with Gasteiger partial charge in [0.05, 0.1) is 5.69 Å². The monoisotopic (exact) mass is 575 g/mol. The van der Waals surface area contributed by atoms with Gasteiger partial charge in [-0.15, -0.1) is 23.1 Å². The largest absolute Gasteiger partial charge is 0.477 e. The van der Waals surface area contributed by atoms with Gasteiger partial charge in [0.25, 0.3) is 17.7 Å². The number of hydrogen-bond acceptors (Lipinski definition) is 11. The average Bonchev–Trinajstić information content (AvgIpc) is 3.48. The van der Waals surface area contributed by atoms with Crippen molar-refractivity contribution in [2.45, 2.75) is 17.8 Å². The van der Waals surface area contributed by atoms with Crippen molar-refractivity contribution in [1.29, 1.82) is 0 Å². The molecule has 0 bridgehead atoms. The number of pyridine rings is 1. The van der Waals surface area contributed by atoms with Gasteiger partial charge in [-0.1, -0.05) is 16.8 Å². The first-order valence-corrected chi connectivity index (χ1v) is 13.3. The molecule has 5 N–H and O–H groups in total. The number of aromatic nitrogens is 2. The molecule has 5 rings (SSSR count). The van der Waals surface area contributed by atoms with Gasteiger partial charge in [0.1, 0.15) is 22.8 Å². The molecule has 0 spiro atoms. The van der Waals surface area contributed by atoms with Crippen molar-refractivity contribution in [3.63, 3.8) is 0 Å². The Hall–Kier alpha value is -3.95. The number of anilines is 2. The number of rotatable bonds is 6. The fraction of sp³-hybridized carbons (Fsp3) is 0.227. The van der Waals surface area contributed by atoms with Gasteiger partial charge in [-0.05, 0) is 30.2 Å². The topological polar surface area (TPSA) is 191 Å². The van der Waals surface area contributed by atoms with E-state index >= 15 is 0 Å². The second kappa shape index (κ2) is 10.1. The highest BCUT2D eigenvalue weighted by Gasteiger charge is 2.54. The first-order valence-electron chi connectivity index (χ1n) is 11.0. The van der Waals surface area contributed by atoms with Gasteiger partial charge in [-0.3, -0.25) is 19.3 Å². The molecule has 2 aromatic rings. The molecule has 2 aromatic heterocycles. The minimum absolute atomic E-state index is 0.0373. The Labute approximate surface area is 227 Å². The Morgan fingerprint density at radius 2 is 2.13 bits per heavy atom. The van der Waals surface area contributed by atoms with E-state index < -0.39 is 34.9 Å². The summed E-state index contributed by atoms with van der Waals surface area (Å²) in [6.07, 6.45) is 3.36. The van der Waals surface area contributed by atoms with Gasteiger partial charge in [-0.2, -0.15) is 0 Å². The molecular weight excluding hydrogens is 558 g/mol. The Kier molecular flexibility index (Phi) is 6.81. The number of oxime groups is 1. The molecule has 5 heterocycles. The maximum Gasteiger partial charge on any atom is 0.352 e. The lowest BCUT2D eigenvalue weighted by molar-refractivity contribution is -0.150. The van der Waals surface area contributed by atoms with E-state index in [0.717, 1.165) is 16.2 Å². The lowest BCUT2D eigenvalue weighted by Crippen LogP contribution is -2.71. The van der Waals surface area contributed by atoms with E-state index in [9.17, 15) is 29.5 Å². The molecule has 2 saturated heterocycles. The number of nitrogens with one attached hydrogen (secondary N) is 1. The summed E-state index contributed by atoms with van der Waals surface area (Å²) in [5, 5.41) is 25.7. The Balaban J connectivity index is 1.36. The number of aliphatic carboxylic acids is 1. The summed E-state index contributed by atoms with van der Waals surface area (Å²) in [7, 11) is 0. The van der Waals surface area contributed by atoms with Gasteiger partial charge in [0.2, 0.25) is 0 Å². The molecule has 3 amide bonds. The number of thiazole rings is 1. The van der Waals surface area contributed by atoms with Crippen LogP contribution >= 0.6 is 34.7 Å². The Morgan fingerprint density at radius 3 is 2.79 bits per heavy atom. The Morgan fingerprint density at radius 1 is 1.34 bits per heavy atom. The second-order valence-electron chi connectivity index (χ2n) is 8.25. The van der Waals surface area contributed by atoms with Gasteiger partial charge in [0.15, 0.2) is 16.0 Å². The van der Waals surface area contributed by atoms with Crippen molar-refractivity contribution in [2.75, 3.05) is 22.9 Å². The van der Waals surface area contributed by atoms with Crippen molar-refractivity contribution >= 4 is 74.9 Å². The van der Waals surface area contributed by atoms with Crippen LogP contribution < -0.4 is 16.0 Å². The molecule has 2 atom stereocenters. The van der Waals surface area contributed by atoms with Gasteiger partial charge < -0.3 is 26.3 Å². The van der Waals surface area contributed by atoms with Crippen molar-refractivity contribution < 1.29 is 29.5 Å². The SMILES string of the molecule is Nc1nc(/C(=N/O)C(=O)N[C@@H]2C(=O)N3C(C(=O)O)=C(/C=C4\CCN(c5cccnc5Cl)C4=O)CS[C@H]23)cs1. The minimum atomic E-state index is -1.34. The number of β-lactam (4-membered cyclic amide) rings is 1. The maximum atomic E-state index is 13.0. The number of carboxylic acids is 1. The van der Waals surface area contributed by atoms with Crippen LogP contribution in [0.3, 0.4) is 0 Å². The van der Waals surface area contributed by atoms with Crippen LogP contribution in [-0.2, 0) is 19.2 Å². The average molecular weight is 576 g/mol. The van der Waals surface area contributed by atoms with Crippen molar-refractivity contribution in [3.8, 4) is 0 Å². The molecular formula is C22H18ClN7O6S2. The number of allylic oxidation sites excluding steroid dienone is 1. The molecule has 0 radical (unpaired) electrons. The van der Waals surface area contributed by atoms with E-state index in [1.54, 1.807) is 12.1 Å². The number of hydrogen-bond donors (Lipinski definition) is 4. The fourth-order valence-electron chi connectivity index (χ4n) is 4.34. The van der Waals surface area contributed by atoms with Crippen LogP contribution in [0.5, 0.6) is 0 Å². The third kappa shape index (κ3) is 4.37. The number of carbonyl (C=O) groups is 4. The predicted molar refractivity (Wildman–Crippen MR) is 139 cm³/mol. The molecule has 3 aliphatic heterocycles. The molecule has 13 nitrogen and oxygen atoms in total. The first-order chi connectivity index (χ1) is 18.2. The zero-order valence-electron chi connectivity index (χ0n) is 19.2. The number of fused-ring (bicyclic) bond motifs is 1. The fourth-order valence-corrected chi connectivity index (χ4v) is 6.41. The molecule has 0 unspecified atom stereocenters. The molecule has 0 saturated carbocycles. The van der Waals surface area contributed by atoms with Crippen LogP contribution in [0.4, 0.5) is 10.8 Å². The zero-order valence-corrected chi connectivity index (χ0v) is 21.6. The highest BCUT2D eigenvalue weighted by Crippen LogP contribution is 2.41. The summed E-state index contributed by atoms with van der Waals surface area (Å²) in [4.78, 5) is 61.3. The van der Waals surface area contributed by atoms with Crippen LogP contribution in [0.15, 0.2) is 51.8 Å². The lowest BCUT2D eigenvalue weighted by Gasteiger charge is -2.49. The van der Waals surface area contributed by atoms with Crippen LogP contribution in [-0.4, -0.2) is 78.3 Å². The molecule has 0 aromatic carbocycles. The second-order valence-corrected chi connectivity index (χ2v) is 10.6. The third-order valence-corrected chi connectivity index (χ3v) is 8.34. The van der Waals surface area contributed by atoms with E-state index in [1.165, 1.54) is 34.3 Å². The number of halogens is 1. The van der Waals surface area contributed by atoms with Crippen LogP contribution in [0, 0.1) is 0 Å². The van der Waals surface area contributed by atoms with Crippen molar-refractivity contribution in [1.82, 2.24) is 20.2 Å². The van der Waals surface area contributed by atoms with E-state index in [-0.39, 0.29) is 33.3 Å². The van der Waals surface area contributed by atoms with Crippen molar-refractivity contribution in [3.05, 3.63) is 57.5 Å². The number of nitrogens with two attached hydrogens (primary N) is 1. The molecule has 2 fully saturated rings. The summed E-state index contributed by atoms with van der Waals surface area (Å²) in [6.45, 7) is 0.345. The smallest absolute Gasteiger partial charge is 0.352 e. The van der Waals surface area contributed by atoms with Gasteiger partial charge in [-0.25, -0.2) is 14.8 Å². The summed E-state index contributed by atoms with van der Waals surface area (Å²) >= 11 is 8.40. The van der Waals surface area contributed by atoms with Crippen LogP contribution in [0.25, 0.3) is 0 Å². The molecule has 38 heavy (non-hydrogen) atoms. The number of carbonyl (C=O) groups excluding carboxylic acids is 3. The standard InChI is InChI=1S/C22H18ClN7O6S2/c23-16-12(2-1-4-25-16)29-5-3-9(18(29)32)6-10-7-37-20-14(19(33)30(20)15(10)21(34)35)27-17(31)13(28-36)11-8-38-22(24)26-11/h1-2,4,6,8,14,20,36H,3,5,7H2,(H2,24,26)(H,27,31)(H,34,35)/b9-6+,28-13-/t14-,20-/m1/s1. The van der Waals surface area contributed by atoms with Crippen molar-refractivity contribution in [2.24, 2.45) is 5.16 Å². The van der Waals surface area contributed by atoms with E-state index in [4.69, 9.17) is 17.3 Å². The number of nitrogens with zero attached hydrogens (tertiary/aromatic N) is 5. The summed E-state index contributed by atoms with van der Waals surface area (Å²) in [5.74, 6) is -3.01. The Bertz CT molecular complexity index is 1470. The van der Waals surface area contributed by atoms with Gasteiger partial charge in [0, 0.05) is 29.4 Å². The number of nitrogen functional groups attached to an aromatic ring is 1. The summed E-state index contributed by atoms with van der Waals surface area (Å²) < 4.78 is 0. The maximum absolute atomic E-state index is 13.0. The lowest BCUT2D eigenvalue weighted by atomic mass is 10.0. The molecule has 3 aliphatic rings. The highest BCUT2D eigenvalue weighted by atomic mass is 35.5. The zero-order chi connectivity index (χ0) is 27.1. The van der Waals surface area contributed by atoms with E-state index in [0.29, 0.717) is 29.8 Å². The molecule has 16 heteroatoms. The van der Waals surface area contributed by atoms with Gasteiger partial charge >= 0.3 is 5.97 Å². The number of thioether (sulfide) groups is 1. The quantitative estimate of drug-likeness (QED) is 0.0966. The summed E-state index contributed by atoms with van der Waals surface area (Å²) in [5.41, 5.74) is 6.05. The molecule has 0 aliphatic carbocycles. The first kappa shape index (κ1) is 25.7. The highest BCUT2D eigenvalue weighted by molar-refractivity contribution is 8.00. The van der Waals surface area contributed by atoms with Crippen LogP contribution in [0.2, 0.25) is 5.15 Å². The van der Waals surface area contributed by atoms with E-state index in [2.05, 4.69) is 20.4 Å². The number of amides is 3. The predicted octanol–water partition coefficient (Wildman–Crippen LogP) is 1.05.